The van der Waals surface area contributed by atoms with Crippen molar-refractivity contribution in [3.63, 3.8) is 0 Å². The van der Waals surface area contributed by atoms with Crippen LogP contribution >= 0.6 is 0 Å². The van der Waals surface area contributed by atoms with Gasteiger partial charge in [-0.15, -0.1) is 0 Å². The number of nitrogens with zero attached hydrogens (tertiary/aromatic N) is 1. The fraction of sp³-hybridized carbons (Fsp3) is 0.533. The summed E-state index contributed by atoms with van der Waals surface area (Å²) in [6.07, 6.45) is 1.26. The number of rotatable bonds is 6. The van der Waals surface area contributed by atoms with Crippen LogP contribution in [0.4, 0.5) is 0 Å². The SMILES string of the molecule is Cc1ccc(CCC(=O)N(CCO)C(C)C)cc1. The monoisotopic (exact) mass is 249 g/mol. The molecule has 3 heteroatoms. The van der Waals surface area contributed by atoms with Crippen LogP contribution in [0.1, 0.15) is 31.4 Å². The van der Waals surface area contributed by atoms with Crippen molar-refractivity contribution in [3.8, 4) is 0 Å². The van der Waals surface area contributed by atoms with Crippen LogP contribution in [0.2, 0.25) is 0 Å². The molecular formula is C15H23NO2. The second kappa shape index (κ2) is 7.17. The molecule has 0 spiro atoms. The molecule has 3 nitrogen and oxygen atoms in total. The summed E-state index contributed by atoms with van der Waals surface area (Å²) in [7, 11) is 0. The zero-order valence-electron chi connectivity index (χ0n) is 11.5. The molecule has 0 aliphatic rings. The van der Waals surface area contributed by atoms with E-state index in [1.165, 1.54) is 11.1 Å². The lowest BCUT2D eigenvalue weighted by molar-refractivity contribution is -0.133. The van der Waals surface area contributed by atoms with Crippen LogP contribution in [-0.4, -0.2) is 35.1 Å². The van der Waals surface area contributed by atoms with Crippen LogP contribution in [-0.2, 0) is 11.2 Å². The minimum atomic E-state index is 0.0223. The largest absolute Gasteiger partial charge is 0.395 e. The topological polar surface area (TPSA) is 40.5 Å². The van der Waals surface area contributed by atoms with Crippen LogP contribution in [0.15, 0.2) is 24.3 Å². The summed E-state index contributed by atoms with van der Waals surface area (Å²) in [6.45, 7) is 6.44. The smallest absolute Gasteiger partial charge is 0.223 e. The molecule has 0 saturated heterocycles. The molecule has 0 aliphatic carbocycles. The summed E-state index contributed by atoms with van der Waals surface area (Å²) in [6, 6.07) is 8.40. The third kappa shape index (κ3) is 4.49. The van der Waals surface area contributed by atoms with Crippen LogP contribution in [0.25, 0.3) is 0 Å². The summed E-state index contributed by atoms with van der Waals surface area (Å²) in [5.74, 6) is 0.111. The van der Waals surface area contributed by atoms with Gasteiger partial charge in [-0.1, -0.05) is 29.8 Å². The van der Waals surface area contributed by atoms with E-state index in [9.17, 15) is 4.79 Å². The van der Waals surface area contributed by atoms with E-state index >= 15 is 0 Å². The molecule has 0 bridgehead atoms. The van der Waals surface area contributed by atoms with Crippen molar-refractivity contribution in [2.24, 2.45) is 0 Å². The Labute approximate surface area is 109 Å². The average molecular weight is 249 g/mol. The highest BCUT2D eigenvalue weighted by atomic mass is 16.3. The van der Waals surface area contributed by atoms with E-state index in [-0.39, 0.29) is 18.6 Å². The third-order valence-electron chi connectivity index (χ3n) is 3.03. The molecule has 1 rings (SSSR count). The number of aliphatic hydroxyl groups is 1. The molecule has 1 aromatic carbocycles. The Balaban J connectivity index is 2.51. The molecule has 1 N–H and O–H groups in total. The molecule has 0 fully saturated rings. The molecule has 0 unspecified atom stereocenters. The first-order valence-corrected chi connectivity index (χ1v) is 6.50. The Kier molecular flexibility index (Phi) is 5.86. The van der Waals surface area contributed by atoms with Crippen molar-refractivity contribution in [2.45, 2.75) is 39.7 Å². The molecule has 1 aromatic rings. The first-order chi connectivity index (χ1) is 8.54. The van der Waals surface area contributed by atoms with Crippen LogP contribution < -0.4 is 0 Å². The van der Waals surface area contributed by atoms with E-state index in [4.69, 9.17) is 5.11 Å². The number of hydrogen-bond donors (Lipinski definition) is 1. The number of carbonyl (C=O) groups excluding carboxylic acids is 1. The van der Waals surface area contributed by atoms with E-state index in [0.29, 0.717) is 13.0 Å². The van der Waals surface area contributed by atoms with Crippen LogP contribution in [0.3, 0.4) is 0 Å². The minimum absolute atomic E-state index is 0.0223. The summed E-state index contributed by atoms with van der Waals surface area (Å²) in [5.41, 5.74) is 2.41. The van der Waals surface area contributed by atoms with E-state index in [1.807, 2.05) is 13.8 Å². The molecule has 0 heterocycles. The molecule has 100 valence electrons. The van der Waals surface area contributed by atoms with Gasteiger partial charge in [0.2, 0.25) is 5.91 Å². The average Bonchev–Trinajstić information content (AvgIpc) is 2.34. The Hall–Kier alpha value is -1.35. The zero-order valence-corrected chi connectivity index (χ0v) is 11.5. The van der Waals surface area contributed by atoms with Gasteiger partial charge >= 0.3 is 0 Å². The second-order valence-electron chi connectivity index (χ2n) is 4.89. The van der Waals surface area contributed by atoms with Gasteiger partial charge in [0.15, 0.2) is 0 Å². The van der Waals surface area contributed by atoms with E-state index in [0.717, 1.165) is 6.42 Å². The van der Waals surface area contributed by atoms with Gasteiger partial charge < -0.3 is 10.0 Å². The third-order valence-corrected chi connectivity index (χ3v) is 3.03. The number of hydrogen-bond acceptors (Lipinski definition) is 2. The van der Waals surface area contributed by atoms with Gasteiger partial charge in [0, 0.05) is 19.0 Å². The van der Waals surface area contributed by atoms with Crippen molar-refractivity contribution in [1.82, 2.24) is 4.90 Å². The lowest BCUT2D eigenvalue weighted by atomic mass is 10.1. The van der Waals surface area contributed by atoms with Gasteiger partial charge in [0.25, 0.3) is 0 Å². The van der Waals surface area contributed by atoms with E-state index in [1.54, 1.807) is 4.90 Å². The minimum Gasteiger partial charge on any atom is -0.395 e. The molecule has 18 heavy (non-hydrogen) atoms. The van der Waals surface area contributed by atoms with Crippen LogP contribution in [0, 0.1) is 6.92 Å². The summed E-state index contributed by atoms with van der Waals surface area (Å²) >= 11 is 0. The number of amides is 1. The van der Waals surface area contributed by atoms with Gasteiger partial charge in [-0.25, -0.2) is 0 Å². The van der Waals surface area contributed by atoms with Crippen molar-refractivity contribution in [3.05, 3.63) is 35.4 Å². The fourth-order valence-electron chi connectivity index (χ4n) is 1.93. The molecule has 0 aliphatic heterocycles. The van der Waals surface area contributed by atoms with Gasteiger partial charge in [0.1, 0.15) is 0 Å². The van der Waals surface area contributed by atoms with Crippen molar-refractivity contribution < 1.29 is 9.90 Å². The van der Waals surface area contributed by atoms with Gasteiger partial charge in [-0.05, 0) is 32.8 Å². The van der Waals surface area contributed by atoms with Crippen molar-refractivity contribution >= 4 is 5.91 Å². The van der Waals surface area contributed by atoms with Gasteiger partial charge in [0.05, 0.1) is 6.61 Å². The maximum atomic E-state index is 12.0. The number of aliphatic hydroxyl groups excluding tert-OH is 1. The number of carbonyl (C=O) groups is 1. The lowest BCUT2D eigenvalue weighted by Gasteiger charge is -2.26. The summed E-state index contributed by atoms with van der Waals surface area (Å²) in [5, 5.41) is 8.96. The Morgan fingerprint density at radius 1 is 1.28 bits per heavy atom. The fourth-order valence-corrected chi connectivity index (χ4v) is 1.93. The molecule has 1 amide bonds. The number of benzene rings is 1. The standard InChI is InChI=1S/C15H23NO2/c1-12(2)16(10-11-17)15(18)9-8-14-6-4-13(3)5-7-14/h4-7,12,17H,8-11H2,1-3H3. The highest BCUT2D eigenvalue weighted by Gasteiger charge is 2.15. The second-order valence-corrected chi connectivity index (χ2v) is 4.89. The molecule has 0 radical (unpaired) electrons. The van der Waals surface area contributed by atoms with Crippen LogP contribution in [0.5, 0.6) is 0 Å². The normalized spacial score (nSPS) is 10.7. The predicted molar refractivity (Wildman–Crippen MR) is 73.4 cm³/mol. The molecule has 0 aromatic heterocycles. The summed E-state index contributed by atoms with van der Waals surface area (Å²) in [4.78, 5) is 13.8. The van der Waals surface area contributed by atoms with E-state index in [2.05, 4.69) is 31.2 Å². The first kappa shape index (κ1) is 14.7. The highest BCUT2D eigenvalue weighted by molar-refractivity contribution is 5.76. The van der Waals surface area contributed by atoms with E-state index < -0.39 is 0 Å². The maximum absolute atomic E-state index is 12.0. The summed E-state index contributed by atoms with van der Waals surface area (Å²) < 4.78 is 0. The Morgan fingerprint density at radius 3 is 2.39 bits per heavy atom. The molecular weight excluding hydrogens is 226 g/mol. The molecule has 0 saturated carbocycles. The molecule has 0 atom stereocenters. The van der Waals surface area contributed by atoms with Gasteiger partial charge in [-0.2, -0.15) is 0 Å². The van der Waals surface area contributed by atoms with Crippen molar-refractivity contribution in [1.29, 1.82) is 0 Å². The Morgan fingerprint density at radius 2 is 1.89 bits per heavy atom. The Bertz CT molecular complexity index is 371. The quantitative estimate of drug-likeness (QED) is 0.839. The number of aryl methyl sites for hydroxylation is 2. The zero-order chi connectivity index (χ0) is 13.5. The van der Waals surface area contributed by atoms with Gasteiger partial charge in [-0.3, -0.25) is 4.79 Å². The van der Waals surface area contributed by atoms with Crippen molar-refractivity contribution in [2.75, 3.05) is 13.2 Å². The highest BCUT2D eigenvalue weighted by Crippen LogP contribution is 2.08. The predicted octanol–water partition coefficient (Wildman–Crippen LogP) is 2.16. The lowest BCUT2D eigenvalue weighted by Crippen LogP contribution is -2.39. The maximum Gasteiger partial charge on any atom is 0.223 e. The first-order valence-electron chi connectivity index (χ1n) is 6.50.